The molecule has 26 heavy (non-hydrogen) atoms. The molecular weight excluding hydrogens is 675 g/mol. The predicted octanol–water partition coefficient (Wildman–Crippen LogP) is 5.49. The fourth-order valence-corrected chi connectivity index (χ4v) is 6.56. The lowest BCUT2D eigenvalue weighted by Gasteiger charge is -2.29. The first-order valence-corrected chi connectivity index (χ1v) is 11.6. The molecule has 5 nitrogen and oxygen atoms in total. The number of alkyl carbamates (subject to hydrolysis) is 1. The summed E-state index contributed by atoms with van der Waals surface area (Å²) in [7, 11) is 0. The van der Waals surface area contributed by atoms with Crippen LogP contribution in [0.25, 0.3) is 0 Å². The number of carbonyl (C=O) groups excluding carboxylic acids is 2. The van der Waals surface area contributed by atoms with Gasteiger partial charge in [-0.2, -0.15) is 0 Å². The summed E-state index contributed by atoms with van der Waals surface area (Å²) in [5, 5.41) is 2.89. The lowest BCUT2D eigenvalue weighted by atomic mass is 9.86. The molecule has 1 aromatic carbocycles. The molecule has 144 valence electrons. The van der Waals surface area contributed by atoms with Crippen molar-refractivity contribution in [3.8, 4) is 5.75 Å². The third-order valence-corrected chi connectivity index (χ3v) is 6.17. The second-order valence-corrected chi connectivity index (χ2v) is 10.9. The van der Waals surface area contributed by atoms with Gasteiger partial charge in [0.05, 0.1) is 13.1 Å². The Kier molecular flexibility index (Phi) is 8.26. The zero-order valence-corrected chi connectivity index (χ0v) is 21.4. The summed E-state index contributed by atoms with van der Waals surface area (Å²) in [6.45, 7) is 5.52. The van der Waals surface area contributed by atoms with Crippen LogP contribution in [0.4, 0.5) is 4.79 Å². The zero-order chi connectivity index (χ0) is 19.5. The van der Waals surface area contributed by atoms with E-state index >= 15 is 0 Å². The molecule has 0 heterocycles. The van der Waals surface area contributed by atoms with Crippen LogP contribution in [0.2, 0.25) is 0 Å². The maximum atomic E-state index is 12.5. The van der Waals surface area contributed by atoms with E-state index in [1.165, 1.54) is 0 Å². The number of esters is 1. The second-order valence-electron chi connectivity index (χ2n) is 7.31. The van der Waals surface area contributed by atoms with Gasteiger partial charge in [-0.15, -0.1) is 0 Å². The largest absolute Gasteiger partial charge is 0.444 e. The monoisotopic (exact) mass is 697 g/mol. The van der Waals surface area contributed by atoms with Crippen LogP contribution in [0.5, 0.6) is 5.75 Å². The van der Waals surface area contributed by atoms with Crippen LogP contribution in [0.1, 0.15) is 46.5 Å². The maximum absolute atomic E-state index is 12.5. The molecule has 1 aliphatic carbocycles. The van der Waals surface area contributed by atoms with Gasteiger partial charge >= 0.3 is 12.1 Å². The first kappa shape index (κ1) is 22.4. The Hall–Kier alpha value is 0.150. The number of halogens is 3. The van der Waals surface area contributed by atoms with Crippen molar-refractivity contribution in [3.63, 3.8) is 0 Å². The molecule has 1 N–H and O–H groups in total. The molecule has 0 bridgehead atoms. The van der Waals surface area contributed by atoms with Gasteiger partial charge in [-0.05, 0) is 126 Å². The Morgan fingerprint density at radius 1 is 1.04 bits per heavy atom. The smallest absolute Gasteiger partial charge is 0.407 e. The van der Waals surface area contributed by atoms with Crippen LogP contribution in [0.3, 0.4) is 0 Å². The Balaban J connectivity index is 1.86. The van der Waals surface area contributed by atoms with Crippen molar-refractivity contribution in [1.82, 2.24) is 5.32 Å². The zero-order valence-electron chi connectivity index (χ0n) is 14.9. The number of benzene rings is 1. The number of amides is 1. The maximum Gasteiger partial charge on any atom is 0.407 e. The third kappa shape index (κ3) is 6.95. The average Bonchev–Trinajstić information content (AvgIpc) is 2.49. The molecule has 0 unspecified atom stereocenters. The molecule has 2 rings (SSSR count). The fraction of sp³-hybridized carbons (Fsp3) is 0.556. The minimum atomic E-state index is -0.507. The molecule has 0 spiro atoms. The summed E-state index contributed by atoms with van der Waals surface area (Å²) in [6, 6.07) is 4.04. The predicted molar refractivity (Wildman–Crippen MR) is 125 cm³/mol. The second kappa shape index (κ2) is 9.57. The first-order chi connectivity index (χ1) is 12.0. The molecule has 0 radical (unpaired) electrons. The molecule has 1 fully saturated rings. The Labute approximate surface area is 195 Å². The van der Waals surface area contributed by atoms with E-state index in [1.54, 1.807) is 0 Å². The van der Waals surface area contributed by atoms with Crippen molar-refractivity contribution in [2.24, 2.45) is 5.92 Å². The average molecular weight is 697 g/mol. The standard InChI is InChI=1S/C18H22I3NO4/c1-18(2,3)26-17(24)22-12-6-4-10(5-7-12)16(23)25-15-13(20)8-11(19)9-14(15)21/h8-10,12H,4-7H2,1-3H3,(H,22,24). The summed E-state index contributed by atoms with van der Waals surface area (Å²) >= 11 is 6.64. The van der Waals surface area contributed by atoms with E-state index in [1.807, 2.05) is 32.9 Å². The number of hydrogen-bond donors (Lipinski definition) is 1. The lowest BCUT2D eigenvalue weighted by molar-refractivity contribution is -0.140. The highest BCUT2D eigenvalue weighted by atomic mass is 127. The number of carbonyl (C=O) groups is 2. The molecule has 1 amide bonds. The van der Waals surface area contributed by atoms with Crippen LogP contribution in [-0.4, -0.2) is 23.7 Å². The molecule has 8 heteroatoms. The van der Waals surface area contributed by atoms with Crippen molar-refractivity contribution in [2.75, 3.05) is 0 Å². The van der Waals surface area contributed by atoms with Gasteiger partial charge in [0.25, 0.3) is 0 Å². The minimum absolute atomic E-state index is 0.0486. The molecule has 0 aromatic heterocycles. The highest BCUT2D eigenvalue weighted by Crippen LogP contribution is 2.32. The van der Waals surface area contributed by atoms with Gasteiger partial charge in [-0.25, -0.2) is 4.79 Å². The van der Waals surface area contributed by atoms with E-state index in [9.17, 15) is 9.59 Å². The van der Waals surface area contributed by atoms with Crippen LogP contribution in [-0.2, 0) is 9.53 Å². The van der Waals surface area contributed by atoms with Crippen LogP contribution in [0.15, 0.2) is 12.1 Å². The quantitative estimate of drug-likeness (QED) is 0.258. The van der Waals surface area contributed by atoms with E-state index in [-0.39, 0.29) is 17.9 Å². The van der Waals surface area contributed by atoms with E-state index in [4.69, 9.17) is 9.47 Å². The minimum Gasteiger partial charge on any atom is -0.444 e. The molecule has 1 aliphatic rings. The molecule has 0 saturated heterocycles. The fourth-order valence-electron chi connectivity index (χ4n) is 2.76. The number of ether oxygens (including phenoxy) is 2. The highest BCUT2D eigenvalue weighted by Gasteiger charge is 2.30. The number of hydrogen-bond acceptors (Lipinski definition) is 4. The van der Waals surface area contributed by atoms with Gasteiger partial charge in [0.15, 0.2) is 5.75 Å². The Morgan fingerprint density at radius 2 is 1.58 bits per heavy atom. The van der Waals surface area contributed by atoms with Gasteiger partial charge in [0.1, 0.15) is 5.60 Å². The highest BCUT2D eigenvalue weighted by molar-refractivity contribution is 14.1. The van der Waals surface area contributed by atoms with Gasteiger partial charge in [-0.1, -0.05) is 0 Å². The lowest BCUT2D eigenvalue weighted by Crippen LogP contribution is -2.42. The van der Waals surface area contributed by atoms with Crippen molar-refractivity contribution < 1.29 is 19.1 Å². The normalized spacial score (nSPS) is 20.4. The van der Waals surface area contributed by atoms with Crippen LogP contribution in [0, 0.1) is 16.6 Å². The van der Waals surface area contributed by atoms with E-state index in [0.29, 0.717) is 18.6 Å². The molecule has 0 atom stereocenters. The topological polar surface area (TPSA) is 64.6 Å². The van der Waals surface area contributed by atoms with E-state index < -0.39 is 11.7 Å². The van der Waals surface area contributed by atoms with Crippen molar-refractivity contribution in [1.29, 1.82) is 0 Å². The Bertz CT molecular complexity index is 656. The first-order valence-electron chi connectivity index (χ1n) is 8.41. The van der Waals surface area contributed by atoms with Gasteiger partial charge in [0.2, 0.25) is 0 Å². The van der Waals surface area contributed by atoms with Crippen LogP contribution >= 0.6 is 67.8 Å². The van der Waals surface area contributed by atoms with Gasteiger partial charge in [0, 0.05) is 9.61 Å². The van der Waals surface area contributed by atoms with Crippen molar-refractivity contribution in [3.05, 3.63) is 22.8 Å². The molecule has 0 aliphatic heterocycles. The van der Waals surface area contributed by atoms with E-state index in [0.717, 1.165) is 23.6 Å². The van der Waals surface area contributed by atoms with Gasteiger partial charge < -0.3 is 14.8 Å². The summed E-state index contributed by atoms with van der Waals surface area (Å²) in [5.41, 5.74) is -0.507. The number of rotatable bonds is 3. The van der Waals surface area contributed by atoms with Crippen molar-refractivity contribution >= 4 is 79.8 Å². The summed E-state index contributed by atoms with van der Waals surface area (Å²) in [5.74, 6) is 0.334. The summed E-state index contributed by atoms with van der Waals surface area (Å²) in [6.07, 6.45) is 2.51. The molecule has 1 saturated carbocycles. The van der Waals surface area contributed by atoms with E-state index in [2.05, 4.69) is 73.1 Å². The third-order valence-electron chi connectivity index (χ3n) is 3.95. The number of nitrogens with one attached hydrogen (secondary N) is 1. The van der Waals surface area contributed by atoms with Crippen molar-refractivity contribution in [2.45, 2.75) is 58.1 Å². The molecular formula is C18H22I3NO4. The Morgan fingerprint density at radius 3 is 2.08 bits per heavy atom. The van der Waals surface area contributed by atoms with Crippen LogP contribution < -0.4 is 10.1 Å². The molecule has 1 aromatic rings. The summed E-state index contributed by atoms with van der Waals surface area (Å²) in [4.78, 5) is 24.4. The summed E-state index contributed by atoms with van der Waals surface area (Å²) < 4.78 is 14.0. The SMILES string of the molecule is CC(C)(C)OC(=O)NC1CCC(C(=O)Oc2c(I)cc(I)cc2I)CC1. The van der Waals surface area contributed by atoms with Gasteiger partial charge in [-0.3, -0.25) is 4.79 Å².